The Balaban J connectivity index is 2.76. The van der Waals surface area contributed by atoms with Crippen molar-refractivity contribution < 1.29 is 22.7 Å². The van der Waals surface area contributed by atoms with Gasteiger partial charge in [0.1, 0.15) is 0 Å². The first-order chi connectivity index (χ1) is 11.2. The van der Waals surface area contributed by atoms with Crippen molar-refractivity contribution >= 4 is 11.9 Å². The molecule has 1 aromatic rings. The van der Waals surface area contributed by atoms with E-state index in [1.165, 1.54) is 12.1 Å². The van der Waals surface area contributed by atoms with Crippen LogP contribution in [0.5, 0.6) is 0 Å². The molecule has 0 heterocycles. The zero-order chi connectivity index (χ0) is 18.2. The molecule has 0 atom stereocenters. The third-order valence-electron chi connectivity index (χ3n) is 2.97. The zero-order valence-corrected chi connectivity index (χ0v) is 14.0. The van der Waals surface area contributed by atoms with Gasteiger partial charge >= 0.3 is 6.18 Å². The molecule has 0 aliphatic rings. The van der Waals surface area contributed by atoms with Gasteiger partial charge in [-0.3, -0.25) is 10.1 Å². The minimum atomic E-state index is -4.50. The van der Waals surface area contributed by atoms with Crippen LogP contribution in [0, 0.1) is 0 Å². The Morgan fingerprint density at radius 1 is 1.33 bits per heavy atom. The number of nitrogens with zero attached hydrogens (tertiary/aromatic N) is 2. The molecular formula is C16H22F3N3O2. The summed E-state index contributed by atoms with van der Waals surface area (Å²) in [7, 11) is 3.87. The van der Waals surface area contributed by atoms with Gasteiger partial charge < -0.3 is 9.64 Å². The van der Waals surface area contributed by atoms with E-state index < -0.39 is 17.6 Å². The van der Waals surface area contributed by atoms with Crippen LogP contribution in [-0.2, 0) is 10.9 Å². The number of hydrogen-bond donors (Lipinski definition) is 1. The monoisotopic (exact) mass is 345 g/mol. The second kappa shape index (κ2) is 9.27. The maximum Gasteiger partial charge on any atom is 0.416 e. The van der Waals surface area contributed by atoms with Gasteiger partial charge in [0, 0.05) is 12.1 Å². The maximum absolute atomic E-state index is 12.7. The highest BCUT2D eigenvalue weighted by molar-refractivity contribution is 6.04. The van der Waals surface area contributed by atoms with Crippen molar-refractivity contribution in [2.75, 3.05) is 33.8 Å². The molecule has 0 unspecified atom stereocenters. The van der Waals surface area contributed by atoms with Gasteiger partial charge in [-0.1, -0.05) is 6.07 Å². The van der Waals surface area contributed by atoms with Crippen LogP contribution in [0.1, 0.15) is 29.3 Å². The van der Waals surface area contributed by atoms with Gasteiger partial charge in [0.25, 0.3) is 11.9 Å². The first-order valence-electron chi connectivity index (χ1n) is 7.54. The molecular weight excluding hydrogens is 323 g/mol. The van der Waals surface area contributed by atoms with Crippen molar-refractivity contribution in [3.8, 4) is 0 Å². The number of amidine groups is 1. The molecule has 8 heteroatoms. The summed E-state index contributed by atoms with van der Waals surface area (Å²) >= 11 is 0. The molecule has 0 radical (unpaired) electrons. The Morgan fingerprint density at radius 3 is 2.62 bits per heavy atom. The molecule has 24 heavy (non-hydrogen) atoms. The fourth-order valence-corrected chi connectivity index (χ4v) is 1.83. The summed E-state index contributed by atoms with van der Waals surface area (Å²) in [5, 5.41) is 2.41. The van der Waals surface area contributed by atoms with Crippen LogP contribution in [-0.4, -0.2) is 50.6 Å². The van der Waals surface area contributed by atoms with Crippen molar-refractivity contribution in [3.05, 3.63) is 35.4 Å². The summed E-state index contributed by atoms with van der Waals surface area (Å²) in [4.78, 5) is 18.2. The van der Waals surface area contributed by atoms with Crippen LogP contribution in [0.2, 0.25) is 0 Å². The second-order valence-electron chi connectivity index (χ2n) is 5.31. The van der Waals surface area contributed by atoms with E-state index in [1.807, 2.05) is 19.0 Å². The molecule has 1 amide bonds. The topological polar surface area (TPSA) is 53.9 Å². The van der Waals surface area contributed by atoms with Crippen molar-refractivity contribution in [2.24, 2.45) is 4.99 Å². The predicted octanol–water partition coefficient (Wildman–Crippen LogP) is 2.78. The van der Waals surface area contributed by atoms with E-state index in [0.29, 0.717) is 6.54 Å². The molecule has 0 bridgehead atoms. The number of hydrogen-bond acceptors (Lipinski definition) is 4. The number of benzene rings is 1. The zero-order valence-electron chi connectivity index (χ0n) is 14.0. The van der Waals surface area contributed by atoms with Gasteiger partial charge in [-0.2, -0.15) is 13.2 Å². The highest BCUT2D eigenvalue weighted by Crippen LogP contribution is 2.29. The lowest BCUT2D eigenvalue weighted by molar-refractivity contribution is -0.137. The average Bonchev–Trinajstić information content (AvgIpc) is 2.50. The average molecular weight is 345 g/mol. The Labute approximate surface area is 139 Å². The standard InChI is InChI=1S/C16H22F3N3O2/c1-4-24-15(20-9-6-10-22(2)3)21-14(23)12-7-5-8-13(11-12)16(17,18)19/h5,7-8,11H,4,6,9-10H2,1-3H3,(H,20,21,23). The van der Waals surface area contributed by atoms with Crippen molar-refractivity contribution in [1.29, 1.82) is 0 Å². The van der Waals surface area contributed by atoms with E-state index >= 15 is 0 Å². The fraction of sp³-hybridized carbons (Fsp3) is 0.500. The summed E-state index contributed by atoms with van der Waals surface area (Å²) in [6, 6.07) is 4.21. The number of rotatable bonds is 6. The van der Waals surface area contributed by atoms with Crippen LogP contribution in [0.4, 0.5) is 13.2 Å². The molecule has 0 saturated carbocycles. The van der Waals surface area contributed by atoms with Gasteiger partial charge in [0.15, 0.2) is 0 Å². The van der Waals surface area contributed by atoms with E-state index in [0.717, 1.165) is 25.1 Å². The first-order valence-corrected chi connectivity index (χ1v) is 7.54. The summed E-state index contributed by atoms with van der Waals surface area (Å²) < 4.78 is 43.3. The van der Waals surface area contributed by atoms with Crippen molar-refractivity contribution in [3.63, 3.8) is 0 Å². The predicted molar refractivity (Wildman–Crippen MR) is 86.0 cm³/mol. The minimum absolute atomic E-state index is 0.0127. The molecule has 0 aliphatic heterocycles. The lowest BCUT2D eigenvalue weighted by Gasteiger charge is -2.12. The molecule has 0 aromatic heterocycles. The van der Waals surface area contributed by atoms with Crippen LogP contribution in [0.3, 0.4) is 0 Å². The van der Waals surface area contributed by atoms with E-state index in [9.17, 15) is 18.0 Å². The van der Waals surface area contributed by atoms with Crippen molar-refractivity contribution in [1.82, 2.24) is 10.2 Å². The fourth-order valence-electron chi connectivity index (χ4n) is 1.83. The molecule has 5 nitrogen and oxygen atoms in total. The summed E-state index contributed by atoms with van der Waals surface area (Å²) in [6.07, 6.45) is -3.73. The molecule has 0 saturated heterocycles. The lowest BCUT2D eigenvalue weighted by Crippen LogP contribution is -2.33. The molecule has 0 spiro atoms. The van der Waals surface area contributed by atoms with Crippen LogP contribution in [0.25, 0.3) is 0 Å². The SMILES string of the molecule is CCOC(=NCCCN(C)C)NC(=O)c1cccc(C(F)(F)F)c1. The van der Waals surface area contributed by atoms with Crippen LogP contribution < -0.4 is 5.32 Å². The van der Waals surface area contributed by atoms with Gasteiger partial charge in [-0.05, 0) is 52.2 Å². The highest BCUT2D eigenvalue weighted by atomic mass is 19.4. The Kier molecular flexibility index (Phi) is 7.70. The number of amides is 1. The summed E-state index contributed by atoms with van der Waals surface area (Å²) in [6.45, 7) is 3.28. The molecule has 1 N–H and O–H groups in total. The van der Waals surface area contributed by atoms with Crippen LogP contribution in [0.15, 0.2) is 29.3 Å². The van der Waals surface area contributed by atoms with E-state index in [-0.39, 0.29) is 18.2 Å². The number of aliphatic imine (C=N–C) groups is 1. The number of carbonyl (C=O) groups excluding carboxylic acids is 1. The Morgan fingerprint density at radius 2 is 2.04 bits per heavy atom. The smallest absolute Gasteiger partial charge is 0.416 e. The first kappa shape index (κ1) is 20.0. The van der Waals surface area contributed by atoms with Gasteiger partial charge in [0.05, 0.1) is 12.2 Å². The normalized spacial score (nSPS) is 12.4. The highest BCUT2D eigenvalue weighted by Gasteiger charge is 2.31. The molecule has 0 aliphatic carbocycles. The maximum atomic E-state index is 12.7. The van der Waals surface area contributed by atoms with E-state index in [4.69, 9.17) is 4.74 Å². The second-order valence-corrected chi connectivity index (χ2v) is 5.31. The number of halogens is 3. The molecule has 134 valence electrons. The minimum Gasteiger partial charge on any atom is -0.465 e. The quantitative estimate of drug-likeness (QED) is 0.490. The third-order valence-corrected chi connectivity index (χ3v) is 2.97. The van der Waals surface area contributed by atoms with Gasteiger partial charge in [-0.15, -0.1) is 0 Å². The molecule has 0 fully saturated rings. The Bertz CT molecular complexity index is 572. The van der Waals surface area contributed by atoms with E-state index in [1.54, 1.807) is 6.92 Å². The molecule has 1 rings (SSSR count). The van der Waals surface area contributed by atoms with Crippen LogP contribution >= 0.6 is 0 Å². The van der Waals surface area contributed by atoms with Gasteiger partial charge in [0.2, 0.25) is 0 Å². The Hall–Kier alpha value is -2.09. The number of alkyl halides is 3. The third kappa shape index (κ3) is 6.99. The largest absolute Gasteiger partial charge is 0.465 e. The lowest BCUT2D eigenvalue weighted by atomic mass is 10.1. The van der Waals surface area contributed by atoms with E-state index in [2.05, 4.69) is 10.3 Å². The number of carbonyl (C=O) groups is 1. The van der Waals surface area contributed by atoms with Crippen molar-refractivity contribution in [2.45, 2.75) is 19.5 Å². The summed E-state index contributed by atoms with van der Waals surface area (Å²) in [5.74, 6) is -0.694. The number of nitrogens with one attached hydrogen (secondary N) is 1. The van der Waals surface area contributed by atoms with Gasteiger partial charge in [-0.25, -0.2) is 4.99 Å². The summed E-state index contributed by atoms with van der Waals surface area (Å²) in [5.41, 5.74) is -0.985. The molecule has 1 aromatic carbocycles. The number of ether oxygens (including phenoxy) is 1.